The summed E-state index contributed by atoms with van der Waals surface area (Å²) in [7, 11) is 1.38. The molecule has 0 aliphatic heterocycles. The number of ether oxygens (including phenoxy) is 2. The molecule has 0 atom stereocenters. The Balaban J connectivity index is 1.96. The number of methoxy groups -OCH3 is 1. The van der Waals surface area contributed by atoms with Crippen LogP contribution in [0.5, 0.6) is 5.75 Å². The average molecular weight is 402 g/mol. The quantitative estimate of drug-likeness (QED) is 0.686. The van der Waals surface area contributed by atoms with E-state index < -0.39 is 24.3 Å². The molecule has 0 spiro atoms. The van der Waals surface area contributed by atoms with Crippen molar-refractivity contribution in [3.05, 3.63) is 59.4 Å². The molecular weight excluding hydrogens is 379 g/mol. The number of anilines is 1. The summed E-state index contributed by atoms with van der Waals surface area (Å²) in [5.74, 6) is -2.27. The summed E-state index contributed by atoms with van der Waals surface area (Å²) in [5.41, 5.74) is 0.522. The fourth-order valence-corrected chi connectivity index (χ4v) is 2.62. The van der Waals surface area contributed by atoms with Crippen LogP contribution >= 0.6 is 0 Å². The van der Waals surface area contributed by atoms with Crippen LogP contribution in [-0.2, 0) is 9.53 Å². The first-order valence-electron chi connectivity index (χ1n) is 9.09. The van der Waals surface area contributed by atoms with Gasteiger partial charge < -0.3 is 19.7 Å². The van der Waals surface area contributed by atoms with Crippen LogP contribution in [0, 0.1) is 5.82 Å². The molecular formula is C21H23FN2O5. The number of benzene rings is 2. The van der Waals surface area contributed by atoms with E-state index in [-0.39, 0.29) is 17.2 Å². The van der Waals surface area contributed by atoms with Crippen LogP contribution in [-0.4, -0.2) is 49.5 Å². The maximum absolute atomic E-state index is 13.9. The molecule has 0 radical (unpaired) electrons. The molecule has 7 nitrogen and oxygen atoms in total. The minimum Gasteiger partial charge on any atom is -0.497 e. The van der Waals surface area contributed by atoms with Crippen molar-refractivity contribution in [1.29, 1.82) is 0 Å². The first kappa shape index (κ1) is 21.9. The first-order chi connectivity index (χ1) is 13.9. The zero-order valence-electron chi connectivity index (χ0n) is 16.5. The van der Waals surface area contributed by atoms with E-state index >= 15 is 0 Å². The van der Waals surface area contributed by atoms with Crippen molar-refractivity contribution in [1.82, 2.24) is 4.90 Å². The molecule has 0 saturated carbocycles. The number of nitrogens with one attached hydrogen (secondary N) is 1. The lowest BCUT2D eigenvalue weighted by molar-refractivity contribution is -0.119. The highest BCUT2D eigenvalue weighted by molar-refractivity contribution is 5.98. The molecule has 1 N–H and O–H groups in total. The van der Waals surface area contributed by atoms with Crippen molar-refractivity contribution in [2.24, 2.45) is 0 Å². The molecule has 154 valence electrons. The fraction of sp³-hybridized carbons (Fsp3) is 0.286. The number of hydrogen-bond acceptors (Lipinski definition) is 5. The lowest BCUT2D eigenvalue weighted by Gasteiger charge is -2.19. The third kappa shape index (κ3) is 5.78. The number of halogens is 1. The standard InChI is InChI=1S/C21H23FN2O5/c1-4-24(5-2)20(26)14-7-6-8-15(11-14)23-19(25)13-29-21(27)17-10-9-16(28-3)12-18(17)22/h6-12H,4-5,13H2,1-3H3,(H,23,25). The number of esters is 1. The normalized spacial score (nSPS) is 10.2. The van der Waals surface area contributed by atoms with Gasteiger partial charge in [-0.25, -0.2) is 9.18 Å². The number of carbonyl (C=O) groups is 3. The van der Waals surface area contributed by atoms with E-state index in [1.165, 1.54) is 19.2 Å². The third-order valence-corrected chi connectivity index (χ3v) is 4.17. The van der Waals surface area contributed by atoms with Crippen LogP contribution in [0.15, 0.2) is 42.5 Å². The Kier molecular flexibility index (Phi) is 7.70. The van der Waals surface area contributed by atoms with Crippen LogP contribution in [0.2, 0.25) is 0 Å². The van der Waals surface area contributed by atoms with E-state index in [1.54, 1.807) is 29.2 Å². The van der Waals surface area contributed by atoms with Gasteiger partial charge in [-0.05, 0) is 44.2 Å². The zero-order valence-corrected chi connectivity index (χ0v) is 16.5. The second-order valence-corrected chi connectivity index (χ2v) is 6.03. The molecule has 2 aromatic carbocycles. The number of hydrogen-bond donors (Lipinski definition) is 1. The lowest BCUT2D eigenvalue weighted by Crippen LogP contribution is -2.30. The molecule has 0 unspecified atom stereocenters. The van der Waals surface area contributed by atoms with Gasteiger partial charge in [0.1, 0.15) is 11.6 Å². The molecule has 0 heterocycles. The van der Waals surface area contributed by atoms with Gasteiger partial charge in [0.15, 0.2) is 6.61 Å². The molecule has 0 aromatic heterocycles. The number of amides is 2. The van der Waals surface area contributed by atoms with Crippen LogP contribution in [0.25, 0.3) is 0 Å². The van der Waals surface area contributed by atoms with E-state index in [1.807, 2.05) is 13.8 Å². The average Bonchev–Trinajstić information content (AvgIpc) is 2.72. The maximum atomic E-state index is 13.9. The fourth-order valence-electron chi connectivity index (χ4n) is 2.62. The van der Waals surface area contributed by atoms with Gasteiger partial charge in [0, 0.05) is 30.4 Å². The maximum Gasteiger partial charge on any atom is 0.341 e. The smallest absolute Gasteiger partial charge is 0.341 e. The van der Waals surface area contributed by atoms with Gasteiger partial charge in [-0.15, -0.1) is 0 Å². The summed E-state index contributed by atoms with van der Waals surface area (Å²) in [6, 6.07) is 10.1. The van der Waals surface area contributed by atoms with Gasteiger partial charge in [-0.3, -0.25) is 9.59 Å². The molecule has 29 heavy (non-hydrogen) atoms. The minimum absolute atomic E-state index is 0.146. The highest BCUT2D eigenvalue weighted by Crippen LogP contribution is 2.17. The predicted molar refractivity (Wildman–Crippen MR) is 106 cm³/mol. The zero-order chi connectivity index (χ0) is 21.4. The van der Waals surface area contributed by atoms with E-state index in [9.17, 15) is 18.8 Å². The molecule has 2 aromatic rings. The van der Waals surface area contributed by atoms with Crippen molar-refractivity contribution in [3.8, 4) is 5.75 Å². The summed E-state index contributed by atoms with van der Waals surface area (Å²) in [4.78, 5) is 38.1. The molecule has 0 aliphatic carbocycles. The summed E-state index contributed by atoms with van der Waals surface area (Å²) in [6.45, 7) is 4.31. The number of rotatable bonds is 8. The van der Waals surface area contributed by atoms with Gasteiger partial charge in [0.25, 0.3) is 11.8 Å². The second kappa shape index (κ2) is 10.2. The van der Waals surface area contributed by atoms with Crippen molar-refractivity contribution >= 4 is 23.5 Å². The Labute approximate surface area is 168 Å². The van der Waals surface area contributed by atoms with Gasteiger partial charge in [-0.1, -0.05) is 6.07 Å². The van der Waals surface area contributed by atoms with Crippen LogP contribution in [0.3, 0.4) is 0 Å². The summed E-state index contributed by atoms with van der Waals surface area (Å²) in [5, 5.41) is 2.55. The number of carbonyl (C=O) groups excluding carboxylic acids is 3. The van der Waals surface area contributed by atoms with Crippen LogP contribution in [0.4, 0.5) is 10.1 Å². The van der Waals surface area contributed by atoms with Crippen molar-refractivity contribution < 1.29 is 28.2 Å². The highest BCUT2D eigenvalue weighted by atomic mass is 19.1. The monoisotopic (exact) mass is 402 g/mol. The molecule has 0 fully saturated rings. The molecule has 0 aliphatic rings. The third-order valence-electron chi connectivity index (χ3n) is 4.17. The largest absolute Gasteiger partial charge is 0.497 e. The van der Waals surface area contributed by atoms with Crippen molar-refractivity contribution in [2.45, 2.75) is 13.8 Å². The lowest BCUT2D eigenvalue weighted by atomic mass is 10.1. The Morgan fingerprint density at radius 2 is 1.79 bits per heavy atom. The molecule has 0 saturated heterocycles. The van der Waals surface area contributed by atoms with Gasteiger partial charge in [-0.2, -0.15) is 0 Å². The first-order valence-corrected chi connectivity index (χ1v) is 9.09. The van der Waals surface area contributed by atoms with E-state index in [0.717, 1.165) is 6.07 Å². The Morgan fingerprint density at radius 3 is 2.41 bits per heavy atom. The van der Waals surface area contributed by atoms with E-state index in [4.69, 9.17) is 9.47 Å². The van der Waals surface area contributed by atoms with Crippen molar-refractivity contribution in [3.63, 3.8) is 0 Å². The molecule has 8 heteroatoms. The molecule has 2 amide bonds. The Hall–Kier alpha value is -3.42. The summed E-state index contributed by atoms with van der Waals surface area (Å²) in [6.07, 6.45) is 0. The molecule has 0 bridgehead atoms. The Bertz CT molecular complexity index is 896. The summed E-state index contributed by atoms with van der Waals surface area (Å²) < 4.78 is 23.6. The van der Waals surface area contributed by atoms with Gasteiger partial charge >= 0.3 is 5.97 Å². The van der Waals surface area contributed by atoms with E-state index in [0.29, 0.717) is 24.3 Å². The van der Waals surface area contributed by atoms with Crippen LogP contribution < -0.4 is 10.1 Å². The minimum atomic E-state index is -0.967. The predicted octanol–water partition coefficient (Wildman–Crippen LogP) is 3.11. The van der Waals surface area contributed by atoms with E-state index in [2.05, 4.69) is 5.32 Å². The topological polar surface area (TPSA) is 84.9 Å². The second-order valence-electron chi connectivity index (χ2n) is 6.03. The number of nitrogens with zero attached hydrogens (tertiary/aromatic N) is 1. The highest BCUT2D eigenvalue weighted by Gasteiger charge is 2.17. The summed E-state index contributed by atoms with van der Waals surface area (Å²) >= 11 is 0. The Morgan fingerprint density at radius 1 is 1.07 bits per heavy atom. The van der Waals surface area contributed by atoms with Gasteiger partial charge in [0.05, 0.1) is 12.7 Å². The SMILES string of the molecule is CCN(CC)C(=O)c1cccc(NC(=O)COC(=O)c2ccc(OC)cc2F)c1. The van der Waals surface area contributed by atoms with Crippen LogP contribution in [0.1, 0.15) is 34.6 Å². The van der Waals surface area contributed by atoms with Gasteiger partial charge in [0.2, 0.25) is 0 Å². The van der Waals surface area contributed by atoms with Crippen molar-refractivity contribution in [2.75, 3.05) is 32.1 Å². The molecule has 2 rings (SSSR count).